The number of rotatable bonds is 2. The van der Waals surface area contributed by atoms with E-state index < -0.39 is 9.28 Å². The van der Waals surface area contributed by atoms with Crippen molar-refractivity contribution in [3.05, 3.63) is 36.4 Å². The van der Waals surface area contributed by atoms with Crippen molar-refractivity contribution in [3.63, 3.8) is 0 Å². The first-order valence-electron chi connectivity index (χ1n) is 3.32. The van der Waals surface area contributed by atoms with E-state index in [1.807, 2.05) is 12.1 Å². The van der Waals surface area contributed by atoms with Crippen molar-refractivity contribution in [2.24, 2.45) is 0 Å². The molecule has 1 rings (SSSR count). The van der Waals surface area contributed by atoms with Crippen LogP contribution >= 0.6 is 0 Å². The van der Waals surface area contributed by atoms with Gasteiger partial charge in [0, 0.05) is 0 Å². The van der Waals surface area contributed by atoms with Crippen molar-refractivity contribution >= 4 is 20.5 Å². The van der Waals surface area contributed by atoms with Crippen molar-refractivity contribution in [1.29, 1.82) is 0 Å². The molecule has 0 aliphatic rings. The van der Waals surface area contributed by atoms with Gasteiger partial charge >= 0.3 is 9.28 Å². The lowest BCUT2D eigenvalue weighted by Crippen LogP contribution is -2.29. The van der Waals surface area contributed by atoms with Gasteiger partial charge in [0.25, 0.3) is 0 Å². The lowest BCUT2D eigenvalue weighted by molar-refractivity contribution is 0.426. The van der Waals surface area contributed by atoms with Gasteiger partial charge in [0.1, 0.15) is 0 Å². The third-order valence-electron chi connectivity index (χ3n) is 1.47. The Morgan fingerprint density at radius 1 is 1.18 bits per heavy atom. The second-order valence-electron chi connectivity index (χ2n) is 2.24. The molecule has 0 spiro atoms. The largest absolute Gasteiger partial charge is 0.410 e. The van der Waals surface area contributed by atoms with Crippen molar-refractivity contribution in [3.8, 4) is 0 Å². The Hall–Kier alpha value is -0.903. The molecule has 58 valence electrons. The summed E-state index contributed by atoms with van der Waals surface area (Å²) in [6.45, 7) is 3.59. The summed E-state index contributed by atoms with van der Waals surface area (Å²) in [4.78, 5) is 17.7. The minimum atomic E-state index is -2.59. The van der Waals surface area contributed by atoms with E-state index in [1.165, 1.54) is 0 Å². The molecular formula is C8H10O2Si. The van der Waals surface area contributed by atoms with Crippen LogP contribution < -0.4 is 5.19 Å². The van der Waals surface area contributed by atoms with Crippen LogP contribution in [0, 0.1) is 0 Å². The molecule has 0 fully saturated rings. The molecule has 0 atom stereocenters. The summed E-state index contributed by atoms with van der Waals surface area (Å²) in [5, 5.41) is 0.635. The van der Waals surface area contributed by atoms with Gasteiger partial charge in [0.15, 0.2) is 0 Å². The Morgan fingerprint density at radius 2 is 1.73 bits per heavy atom. The zero-order valence-corrected chi connectivity index (χ0v) is 7.22. The number of hydrogen-bond acceptors (Lipinski definition) is 2. The van der Waals surface area contributed by atoms with Gasteiger partial charge < -0.3 is 9.59 Å². The lowest BCUT2D eigenvalue weighted by atomic mass is 10.2. The molecule has 3 heteroatoms. The molecular weight excluding hydrogens is 156 g/mol. The maximum atomic E-state index is 8.86. The van der Waals surface area contributed by atoms with E-state index in [2.05, 4.69) is 6.58 Å². The average Bonchev–Trinajstić information content (AvgIpc) is 2.05. The van der Waals surface area contributed by atoms with E-state index in [4.69, 9.17) is 9.59 Å². The Morgan fingerprint density at radius 3 is 2.09 bits per heavy atom. The van der Waals surface area contributed by atoms with Gasteiger partial charge in [-0.2, -0.15) is 0 Å². The predicted molar refractivity (Wildman–Crippen MR) is 47.8 cm³/mol. The first kappa shape index (κ1) is 8.20. The second-order valence-corrected chi connectivity index (χ2v) is 3.66. The summed E-state index contributed by atoms with van der Waals surface area (Å²) >= 11 is 0. The SMILES string of the molecule is C=Cc1ccc([SiH](O)O)cc1. The van der Waals surface area contributed by atoms with Gasteiger partial charge in [-0.3, -0.25) is 0 Å². The van der Waals surface area contributed by atoms with Crippen LogP contribution in [0.25, 0.3) is 6.08 Å². The van der Waals surface area contributed by atoms with Crippen LogP contribution in [0.2, 0.25) is 0 Å². The fourth-order valence-corrected chi connectivity index (χ4v) is 1.34. The summed E-state index contributed by atoms with van der Waals surface area (Å²) in [6.07, 6.45) is 1.72. The van der Waals surface area contributed by atoms with E-state index in [9.17, 15) is 0 Å². The summed E-state index contributed by atoms with van der Waals surface area (Å²) in [5.74, 6) is 0. The van der Waals surface area contributed by atoms with E-state index in [-0.39, 0.29) is 0 Å². The fraction of sp³-hybridized carbons (Fsp3) is 0. The molecule has 2 N–H and O–H groups in total. The molecule has 0 amide bonds. The highest BCUT2D eigenvalue weighted by atomic mass is 28.3. The first-order valence-corrected chi connectivity index (χ1v) is 4.93. The third kappa shape index (κ3) is 2.01. The molecule has 0 saturated heterocycles. The molecule has 0 aliphatic carbocycles. The van der Waals surface area contributed by atoms with Crippen LogP contribution in [-0.2, 0) is 0 Å². The van der Waals surface area contributed by atoms with Crippen molar-refractivity contribution in [2.45, 2.75) is 0 Å². The maximum absolute atomic E-state index is 8.86. The van der Waals surface area contributed by atoms with Crippen LogP contribution in [0.1, 0.15) is 5.56 Å². The maximum Gasteiger partial charge on any atom is 0.350 e. The van der Waals surface area contributed by atoms with Gasteiger partial charge in [0.05, 0.1) is 0 Å². The molecule has 0 bridgehead atoms. The molecule has 0 saturated carbocycles. The van der Waals surface area contributed by atoms with E-state index >= 15 is 0 Å². The summed E-state index contributed by atoms with van der Waals surface area (Å²) in [7, 11) is -2.59. The summed E-state index contributed by atoms with van der Waals surface area (Å²) in [5.41, 5.74) is 0.989. The highest BCUT2D eigenvalue weighted by molar-refractivity contribution is 6.58. The molecule has 0 aromatic heterocycles. The topological polar surface area (TPSA) is 40.5 Å². The van der Waals surface area contributed by atoms with Crippen LogP contribution in [0.4, 0.5) is 0 Å². The summed E-state index contributed by atoms with van der Waals surface area (Å²) < 4.78 is 0. The van der Waals surface area contributed by atoms with Gasteiger partial charge in [-0.15, -0.1) is 0 Å². The molecule has 0 aliphatic heterocycles. The van der Waals surface area contributed by atoms with Crippen LogP contribution in [0.15, 0.2) is 30.8 Å². The molecule has 2 nitrogen and oxygen atoms in total. The normalized spacial score (nSPS) is 10.1. The standard InChI is InChI=1S/C8H10O2Si/c1-2-7-3-5-8(6-4-7)11(9)10/h2-6,9-11H,1H2. The summed E-state index contributed by atoms with van der Waals surface area (Å²) in [6, 6.07) is 7.06. The predicted octanol–water partition coefficient (Wildman–Crippen LogP) is -0.258. The average molecular weight is 166 g/mol. The van der Waals surface area contributed by atoms with Gasteiger partial charge in [-0.1, -0.05) is 36.9 Å². The van der Waals surface area contributed by atoms with Gasteiger partial charge in [0.2, 0.25) is 0 Å². The molecule has 1 aromatic carbocycles. The minimum absolute atomic E-state index is 0.635. The van der Waals surface area contributed by atoms with Crippen LogP contribution in [-0.4, -0.2) is 18.9 Å². The zero-order chi connectivity index (χ0) is 8.27. The van der Waals surface area contributed by atoms with E-state index in [1.54, 1.807) is 18.2 Å². The third-order valence-corrected chi connectivity index (χ3v) is 2.45. The molecule has 11 heavy (non-hydrogen) atoms. The fourth-order valence-electron chi connectivity index (χ4n) is 0.804. The highest BCUT2D eigenvalue weighted by Gasteiger charge is 2.03. The number of hydrogen-bond donors (Lipinski definition) is 2. The Labute approximate surface area is 67.3 Å². The molecule has 1 aromatic rings. The highest BCUT2D eigenvalue weighted by Crippen LogP contribution is 1.97. The molecule has 0 heterocycles. The smallest absolute Gasteiger partial charge is 0.350 e. The molecule has 0 unspecified atom stereocenters. The lowest BCUT2D eigenvalue weighted by Gasteiger charge is -2.00. The van der Waals surface area contributed by atoms with Gasteiger partial charge in [-0.05, 0) is 10.8 Å². The van der Waals surface area contributed by atoms with E-state index in [0.717, 1.165) is 5.56 Å². The monoisotopic (exact) mass is 166 g/mol. The minimum Gasteiger partial charge on any atom is -0.410 e. The Bertz CT molecular complexity index is 241. The Balaban J connectivity index is 2.91. The first-order chi connectivity index (χ1) is 5.24. The zero-order valence-electron chi connectivity index (χ0n) is 6.07. The van der Waals surface area contributed by atoms with Crippen molar-refractivity contribution in [1.82, 2.24) is 0 Å². The second kappa shape index (κ2) is 3.48. The van der Waals surface area contributed by atoms with E-state index in [0.29, 0.717) is 5.19 Å². The van der Waals surface area contributed by atoms with Gasteiger partial charge in [-0.25, -0.2) is 0 Å². The quantitative estimate of drug-likeness (QED) is 0.594. The Kier molecular flexibility index (Phi) is 2.59. The number of benzene rings is 1. The van der Waals surface area contributed by atoms with Crippen molar-refractivity contribution < 1.29 is 9.59 Å². The van der Waals surface area contributed by atoms with Crippen molar-refractivity contribution in [2.75, 3.05) is 0 Å². The van der Waals surface area contributed by atoms with Crippen LogP contribution in [0.3, 0.4) is 0 Å². The van der Waals surface area contributed by atoms with Crippen LogP contribution in [0.5, 0.6) is 0 Å². The molecule has 0 radical (unpaired) electrons.